The first-order valence-corrected chi connectivity index (χ1v) is 15.4. The molecular formula is C28H41ClN6O6S. The molecule has 14 heteroatoms. The summed E-state index contributed by atoms with van der Waals surface area (Å²) in [5, 5.41) is 17.9. The number of rotatable bonds is 15. The lowest BCUT2D eigenvalue weighted by molar-refractivity contribution is -0.151. The highest BCUT2D eigenvalue weighted by molar-refractivity contribution is 7.89. The maximum absolute atomic E-state index is 13.2. The lowest BCUT2D eigenvalue weighted by Gasteiger charge is -2.31. The van der Waals surface area contributed by atoms with Gasteiger partial charge in [-0.3, -0.25) is 9.59 Å². The van der Waals surface area contributed by atoms with Gasteiger partial charge in [-0.05, 0) is 48.1 Å². The summed E-state index contributed by atoms with van der Waals surface area (Å²) in [6.07, 6.45) is 3.27. The Balaban J connectivity index is 0.00000616. The number of unbranched alkanes of at least 4 members (excludes halogenated alkanes) is 2. The van der Waals surface area contributed by atoms with Crippen LogP contribution in [0.5, 0.6) is 0 Å². The van der Waals surface area contributed by atoms with Crippen LogP contribution in [0, 0.1) is 5.92 Å². The number of sulfonamides is 1. The number of hydrogen-bond acceptors (Lipinski definition) is 7. The Kier molecular flexibility index (Phi) is 14.0. The highest BCUT2D eigenvalue weighted by atomic mass is 35.5. The molecule has 232 valence electrons. The van der Waals surface area contributed by atoms with Crippen LogP contribution in [0.15, 0.2) is 52.5 Å². The molecule has 0 radical (unpaired) electrons. The Morgan fingerprint density at radius 3 is 2.60 bits per heavy atom. The van der Waals surface area contributed by atoms with Gasteiger partial charge in [0.1, 0.15) is 6.34 Å². The molecule has 0 aromatic heterocycles. The number of fused-ring (bicyclic) bond motifs is 1. The molecule has 2 atom stereocenters. The van der Waals surface area contributed by atoms with Gasteiger partial charge >= 0.3 is 5.97 Å². The van der Waals surface area contributed by atoms with E-state index in [1.54, 1.807) is 24.5 Å². The summed E-state index contributed by atoms with van der Waals surface area (Å²) in [6, 6.07) is 11.7. The minimum atomic E-state index is -4.29. The number of hydrogen-bond donors (Lipinski definition) is 4. The summed E-state index contributed by atoms with van der Waals surface area (Å²) in [5.41, 5.74) is 0. The molecule has 1 aliphatic rings. The molecule has 1 heterocycles. The third-order valence-electron chi connectivity index (χ3n) is 7.10. The minimum Gasteiger partial charge on any atom is -0.479 e. The fourth-order valence-corrected chi connectivity index (χ4v) is 6.09. The Morgan fingerprint density at radius 1 is 1.17 bits per heavy atom. The topological polar surface area (TPSA) is 174 Å². The number of amides is 2. The highest BCUT2D eigenvalue weighted by Crippen LogP contribution is 2.20. The Labute approximate surface area is 253 Å². The zero-order chi connectivity index (χ0) is 29.8. The number of nitrogens with one attached hydrogen (secondary N) is 2. The lowest BCUT2D eigenvalue weighted by atomic mass is 9.98. The Bertz CT molecular complexity index is 1340. The van der Waals surface area contributed by atoms with E-state index in [0.717, 1.165) is 42.5 Å². The molecule has 2 amide bonds. The first-order chi connectivity index (χ1) is 19.6. The van der Waals surface area contributed by atoms with Gasteiger partial charge in [-0.25, -0.2) is 13.2 Å². The van der Waals surface area contributed by atoms with Crippen molar-refractivity contribution in [2.45, 2.75) is 62.9 Å². The largest absolute Gasteiger partial charge is 0.479 e. The van der Waals surface area contributed by atoms with Crippen molar-refractivity contribution in [3.05, 3.63) is 42.5 Å². The Morgan fingerprint density at radius 2 is 1.90 bits per heavy atom. The predicted molar refractivity (Wildman–Crippen MR) is 163 cm³/mol. The molecule has 2 aromatic carbocycles. The molecule has 1 aliphatic heterocycles. The summed E-state index contributed by atoms with van der Waals surface area (Å²) >= 11 is 0. The molecule has 42 heavy (non-hydrogen) atoms. The van der Waals surface area contributed by atoms with E-state index >= 15 is 0 Å². The molecule has 1 fully saturated rings. The number of carbonyl (C=O) groups is 3. The van der Waals surface area contributed by atoms with Crippen LogP contribution in [0.4, 0.5) is 0 Å². The first kappa shape index (κ1) is 34.8. The van der Waals surface area contributed by atoms with Gasteiger partial charge in [-0.1, -0.05) is 50.1 Å². The number of benzene rings is 2. The average Bonchev–Trinajstić information content (AvgIpc) is 2.96. The molecule has 0 saturated carbocycles. The number of hydrazone groups is 1. The second-order valence-electron chi connectivity index (χ2n) is 10.2. The van der Waals surface area contributed by atoms with Crippen LogP contribution in [0.1, 0.15) is 51.9 Å². The molecule has 1 saturated heterocycles. The van der Waals surface area contributed by atoms with E-state index in [2.05, 4.69) is 15.1 Å². The second-order valence-corrected chi connectivity index (χ2v) is 12.0. The number of carboxylic acid groups (broad SMARTS) is 1. The molecule has 0 bridgehead atoms. The zero-order valence-electron chi connectivity index (χ0n) is 23.8. The van der Waals surface area contributed by atoms with Crippen LogP contribution in [0.2, 0.25) is 0 Å². The standard InChI is InChI=1S/C28H40N6O6S.ClH/c1-2-3-6-16-34(26(36)14-13-25(35)30-18-21-8-7-15-33(19-21)20-31-29)27(28(37)38)32-41(39,40)24-12-11-22-9-4-5-10-23(22)17-24;/h4-5,9-12,17,20-21,27,32H,2-3,6-8,13-16,18-19,29H2,1H3,(H,30,35)(H,37,38);1H/t21-,27+;/m0./s1. The fraction of sp³-hybridized carbons (Fsp3) is 0.500. The third kappa shape index (κ3) is 10.1. The molecule has 5 N–H and O–H groups in total. The summed E-state index contributed by atoms with van der Waals surface area (Å²) in [7, 11) is -4.29. The van der Waals surface area contributed by atoms with Crippen molar-refractivity contribution in [1.82, 2.24) is 19.8 Å². The average molecular weight is 625 g/mol. The maximum Gasteiger partial charge on any atom is 0.342 e. The molecular weight excluding hydrogens is 584 g/mol. The van der Waals surface area contributed by atoms with Gasteiger partial charge in [0.05, 0.1) is 4.90 Å². The van der Waals surface area contributed by atoms with Crippen molar-refractivity contribution in [3.63, 3.8) is 0 Å². The molecule has 3 rings (SSSR count). The summed E-state index contributed by atoms with van der Waals surface area (Å²) in [6.45, 7) is 3.99. The van der Waals surface area contributed by atoms with E-state index < -0.39 is 28.1 Å². The number of carboxylic acids is 1. The summed E-state index contributed by atoms with van der Waals surface area (Å²) < 4.78 is 28.6. The van der Waals surface area contributed by atoms with Crippen molar-refractivity contribution in [1.29, 1.82) is 0 Å². The number of aliphatic carboxylic acids is 1. The maximum atomic E-state index is 13.2. The number of halogens is 1. The zero-order valence-corrected chi connectivity index (χ0v) is 25.4. The first-order valence-electron chi connectivity index (χ1n) is 13.9. The van der Waals surface area contributed by atoms with E-state index in [1.165, 1.54) is 12.1 Å². The van der Waals surface area contributed by atoms with Gasteiger partial charge in [-0.15, -0.1) is 12.4 Å². The molecule has 12 nitrogen and oxygen atoms in total. The number of nitrogens with two attached hydrogens (primary N) is 1. The van der Waals surface area contributed by atoms with Crippen LogP contribution < -0.4 is 15.9 Å². The SMILES string of the molecule is CCCCCN(C(=O)CCC(=O)NC[C@@H]1CCCN(C=NN)C1)[C@@H](NS(=O)(=O)c1ccc2ccccc2c1)C(=O)O.Cl. The van der Waals surface area contributed by atoms with E-state index in [9.17, 15) is 27.9 Å². The quantitative estimate of drug-likeness (QED) is 0.0584. The van der Waals surface area contributed by atoms with Crippen LogP contribution in [-0.4, -0.2) is 79.8 Å². The van der Waals surface area contributed by atoms with Crippen LogP contribution >= 0.6 is 12.4 Å². The second kappa shape index (κ2) is 16.9. The van der Waals surface area contributed by atoms with E-state index in [1.807, 2.05) is 24.0 Å². The van der Waals surface area contributed by atoms with Gasteiger partial charge in [-0.2, -0.15) is 9.82 Å². The Hall–Kier alpha value is -3.42. The summed E-state index contributed by atoms with van der Waals surface area (Å²) in [5.74, 6) is 2.99. The van der Waals surface area contributed by atoms with Crippen molar-refractivity contribution >= 4 is 57.3 Å². The normalized spacial score (nSPS) is 16.1. The number of likely N-dealkylation sites (tertiary alicyclic amines) is 1. The van der Waals surface area contributed by atoms with E-state index in [0.29, 0.717) is 24.9 Å². The fourth-order valence-electron chi connectivity index (χ4n) is 4.90. The molecule has 0 aliphatic carbocycles. The lowest BCUT2D eigenvalue weighted by Crippen LogP contribution is -2.55. The smallest absolute Gasteiger partial charge is 0.342 e. The minimum absolute atomic E-state index is 0. The highest BCUT2D eigenvalue weighted by Gasteiger charge is 2.34. The van der Waals surface area contributed by atoms with Gasteiger partial charge in [0, 0.05) is 39.0 Å². The van der Waals surface area contributed by atoms with Gasteiger partial charge in [0.25, 0.3) is 0 Å². The molecule has 0 spiro atoms. The molecule has 0 unspecified atom stereocenters. The van der Waals surface area contributed by atoms with Crippen molar-refractivity contribution < 1.29 is 27.9 Å². The van der Waals surface area contributed by atoms with E-state index in [-0.39, 0.29) is 48.5 Å². The monoisotopic (exact) mass is 624 g/mol. The van der Waals surface area contributed by atoms with Crippen molar-refractivity contribution in [3.8, 4) is 0 Å². The van der Waals surface area contributed by atoms with Crippen molar-refractivity contribution in [2.75, 3.05) is 26.2 Å². The van der Waals surface area contributed by atoms with Gasteiger partial charge < -0.3 is 26.1 Å². The molecule has 2 aromatic rings. The van der Waals surface area contributed by atoms with E-state index in [4.69, 9.17) is 5.84 Å². The van der Waals surface area contributed by atoms with Crippen LogP contribution in [0.25, 0.3) is 10.8 Å². The van der Waals surface area contributed by atoms with Crippen LogP contribution in [-0.2, 0) is 24.4 Å². The third-order valence-corrected chi connectivity index (χ3v) is 8.51. The number of nitrogens with zero attached hydrogens (tertiary/aromatic N) is 3. The number of carbonyl (C=O) groups excluding carboxylic acids is 2. The number of piperidine rings is 1. The van der Waals surface area contributed by atoms with Gasteiger partial charge in [0.15, 0.2) is 6.17 Å². The van der Waals surface area contributed by atoms with Gasteiger partial charge in [0.2, 0.25) is 21.8 Å². The van der Waals surface area contributed by atoms with Crippen LogP contribution in [0.3, 0.4) is 0 Å². The predicted octanol–water partition coefficient (Wildman–Crippen LogP) is 2.48. The van der Waals surface area contributed by atoms with Crippen molar-refractivity contribution in [2.24, 2.45) is 16.9 Å². The summed E-state index contributed by atoms with van der Waals surface area (Å²) in [4.78, 5) is 40.9.